The molecule has 2 aromatic carbocycles. The Morgan fingerprint density at radius 2 is 1.50 bits per heavy atom. The van der Waals surface area contributed by atoms with Crippen LogP contribution in [0, 0.1) is 6.92 Å². The number of benzene rings is 2. The summed E-state index contributed by atoms with van der Waals surface area (Å²) in [7, 11) is 2.11. The first-order valence-corrected chi connectivity index (χ1v) is 6.20. The second kappa shape index (κ2) is 4.26. The number of fused-ring (bicyclic) bond motifs is 1. The summed E-state index contributed by atoms with van der Waals surface area (Å²) in [6.45, 7) is 2.16. The monoisotopic (exact) mass is 234 g/mol. The molecule has 1 heterocycles. The van der Waals surface area contributed by atoms with E-state index in [1.807, 2.05) is 0 Å². The molecule has 1 aromatic heterocycles. The van der Waals surface area contributed by atoms with E-state index in [0.29, 0.717) is 0 Å². The Bertz CT molecular complexity index is 714. The van der Waals surface area contributed by atoms with Crippen LogP contribution in [-0.4, -0.2) is 0 Å². The molecule has 1 nitrogen and oxygen atoms in total. The number of pyridine rings is 1. The van der Waals surface area contributed by atoms with E-state index in [1.54, 1.807) is 0 Å². The van der Waals surface area contributed by atoms with Crippen molar-refractivity contribution in [3.05, 3.63) is 66.4 Å². The molecule has 0 atom stereocenters. The van der Waals surface area contributed by atoms with Crippen LogP contribution in [-0.2, 0) is 7.05 Å². The second-order valence-corrected chi connectivity index (χ2v) is 4.71. The zero-order valence-corrected chi connectivity index (χ0v) is 10.7. The van der Waals surface area contributed by atoms with Gasteiger partial charge in [0, 0.05) is 17.0 Å². The van der Waals surface area contributed by atoms with Crippen LogP contribution in [0.4, 0.5) is 0 Å². The molecule has 0 saturated carbocycles. The van der Waals surface area contributed by atoms with E-state index in [0.717, 1.165) is 0 Å². The first-order valence-electron chi connectivity index (χ1n) is 6.20. The van der Waals surface area contributed by atoms with Crippen molar-refractivity contribution in [2.75, 3.05) is 0 Å². The molecule has 0 radical (unpaired) electrons. The third-order valence-corrected chi connectivity index (χ3v) is 3.42. The first kappa shape index (κ1) is 11.0. The number of hydrogen-bond donors (Lipinski definition) is 0. The first-order chi connectivity index (χ1) is 8.75. The lowest BCUT2D eigenvalue weighted by Crippen LogP contribution is -2.30. The van der Waals surface area contributed by atoms with Crippen molar-refractivity contribution in [3.63, 3.8) is 0 Å². The molecular formula is C17H16N+. The third-order valence-electron chi connectivity index (χ3n) is 3.42. The molecule has 0 unspecified atom stereocenters. The van der Waals surface area contributed by atoms with E-state index in [4.69, 9.17) is 0 Å². The molecule has 0 fully saturated rings. The van der Waals surface area contributed by atoms with E-state index >= 15 is 0 Å². The maximum atomic E-state index is 2.26. The molecule has 0 aliphatic heterocycles. The van der Waals surface area contributed by atoms with Crippen LogP contribution < -0.4 is 4.57 Å². The Balaban J connectivity index is 2.30. The fourth-order valence-corrected chi connectivity index (χ4v) is 2.42. The average molecular weight is 234 g/mol. The highest BCUT2D eigenvalue weighted by Gasteiger charge is 2.12. The van der Waals surface area contributed by atoms with Gasteiger partial charge in [0.05, 0.1) is 0 Å². The third kappa shape index (κ3) is 1.78. The fraction of sp³-hybridized carbons (Fsp3) is 0.118. The fourth-order valence-electron chi connectivity index (χ4n) is 2.42. The smallest absolute Gasteiger partial charge is 0.200 e. The van der Waals surface area contributed by atoms with Crippen LogP contribution in [0.1, 0.15) is 5.56 Å². The van der Waals surface area contributed by atoms with Crippen molar-refractivity contribution in [2.45, 2.75) is 6.92 Å². The second-order valence-electron chi connectivity index (χ2n) is 4.71. The zero-order chi connectivity index (χ0) is 12.5. The Kier molecular flexibility index (Phi) is 2.60. The summed E-state index contributed by atoms with van der Waals surface area (Å²) in [6.07, 6.45) is 2.19. The topological polar surface area (TPSA) is 3.88 Å². The minimum absolute atomic E-state index is 1.26. The molecule has 0 spiro atoms. The van der Waals surface area contributed by atoms with Crippen molar-refractivity contribution in [1.29, 1.82) is 0 Å². The largest absolute Gasteiger partial charge is 0.213 e. The molecule has 0 aliphatic rings. The number of aromatic nitrogens is 1. The molecule has 1 heteroatoms. The Morgan fingerprint density at radius 3 is 2.28 bits per heavy atom. The van der Waals surface area contributed by atoms with Gasteiger partial charge in [-0.05, 0) is 30.0 Å². The highest BCUT2D eigenvalue weighted by molar-refractivity contribution is 5.84. The normalized spacial score (nSPS) is 10.8. The highest BCUT2D eigenvalue weighted by Crippen LogP contribution is 2.23. The number of nitrogens with zero attached hydrogens (tertiary/aromatic N) is 1. The van der Waals surface area contributed by atoms with Crippen molar-refractivity contribution >= 4 is 10.8 Å². The summed E-state index contributed by atoms with van der Waals surface area (Å²) in [6, 6.07) is 19.3. The molecular weight excluding hydrogens is 218 g/mol. The van der Waals surface area contributed by atoms with Gasteiger partial charge >= 0.3 is 0 Å². The van der Waals surface area contributed by atoms with Gasteiger partial charge in [0.1, 0.15) is 7.05 Å². The standard InChI is InChI=1S/C17H16N/c1-13-7-3-6-10-16(13)17-11-14-8-4-5-9-15(14)12-18(17)2/h3-12H,1-2H3/q+1. The molecule has 0 amide bonds. The van der Waals surface area contributed by atoms with Crippen LogP contribution in [0.15, 0.2) is 60.8 Å². The molecule has 3 aromatic rings. The van der Waals surface area contributed by atoms with Crippen LogP contribution in [0.2, 0.25) is 0 Å². The molecule has 18 heavy (non-hydrogen) atoms. The van der Waals surface area contributed by atoms with Gasteiger partial charge in [-0.3, -0.25) is 0 Å². The van der Waals surface area contributed by atoms with Gasteiger partial charge in [0.25, 0.3) is 0 Å². The minimum Gasteiger partial charge on any atom is -0.200 e. The molecule has 0 saturated heterocycles. The lowest BCUT2D eigenvalue weighted by Gasteiger charge is -2.05. The quantitative estimate of drug-likeness (QED) is 0.566. The SMILES string of the molecule is Cc1ccccc1-c1cc2ccccc2c[n+]1C. The predicted molar refractivity (Wildman–Crippen MR) is 75.3 cm³/mol. The summed E-state index contributed by atoms with van der Waals surface area (Å²) in [4.78, 5) is 0. The molecule has 0 N–H and O–H groups in total. The summed E-state index contributed by atoms with van der Waals surface area (Å²) < 4.78 is 2.20. The van der Waals surface area contributed by atoms with E-state index in [-0.39, 0.29) is 0 Å². The number of aryl methyl sites for hydroxylation is 2. The van der Waals surface area contributed by atoms with Gasteiger partial charge < -0.3 is 0 Å². The van der Waals surface area contributed by atoms with Gasteiger partial charge in [0.15, 0.2) is 6.20 Å². The van der Waals surface area contributed by atoms with Crippen molar-refractivity contribution in [3.8, 4) is 11.3 Å². The Hall–Kier alpha value is -2.15. The Labute approximate surface area is 107 Å². The zero-order valence-electron chi connectivity index (χ0n) is 10.7. The van der Waals surface area contributed by atoms with Crippen molar-refractivity contribution in [2.24, 2.45) is 7.05 Å². The van der Waals surface area contributed by atoms with Crippen LogP contribution >= 0.6 is 0 Å². The number of rotatable bonds is 1. The maximum Gasteiger partial charge on any atom is 0.213 e. The minimum atomic E-state index is 1.26. The van der Waals surface area contributed by atoms with Gasteiger partial charge in [-0.25, -0.2) is 4.57 Å². The van der Waals surface area contributed by atoms with Crippen LogP contribution in [0.5, 0.6) is 0 Å². The van der Waals surface area contributed by atoms with E-state index in [9.17, 15) is 0 Å². The molecule has 88 valence electrons. The van der Waals surface area contributed by atoms with Gasteiger partial charge in [-0.1, -0.05) is 36.4 Å². The lowest BCUT2D eigenvalue weighted by atomic mass is 10.0. The van der Waals surface area contributed by atoms with Gasteiger partial charge in [-0.15, -0.1) is 0 Å². The van der Waals surface area contributed by atoms with Crippen LogP contribution in [0.25, 0.3) is 22.0 Å². The molecule has 3 rings (SSSR count). The summed E-state index contributed by atoms with van der Waals surface area (Å²) in [5.74, 6) is 0. The summed E-state index contributed by atoms with van der Waals surface area (Å²) >= 11 is 0. The van der Waals surface area contributed by atoms with Gasteiger partial charge in [-0.2, -0.15) is 0 Å². The Morgan fingerprint density at radius 1 is 0.833 bits per heavy atom. The van der Waals surface area contributed by atoms with Crippen LogP contribution in [0.3, 0.4) is 0 Å². The van der Waals surface area contributed by atoms with E-state index in [1.165, 1.54) is 27.6 Å². The maximum absolute atomic E-state index is 2.26. The summed E-state index contributed by atoms with van der Waals surface area (Å²) in [5.41, 5.74) is 3.86. The predicted octanol–water partition coefficient (Wildman–Crippen LogP) is 3.64. The van der Waals surface area contributed by atoms with Crippen molar-refractivity contribution in [1.82, 2.24) is 0 Å². The lowest BCUT2D eigenvalue weighted by molar-refractivity contribution is -0.659. The summed E-state index contributed by atoms with van der Waals surface area (Å²) in [5, 5.41) is 2.56. The highest BCUT2D eigenvalue weighted by atomic mass is 14.9. The molecule has 0 bridgehead atoms. The van der Waals surface area contributed by atoms with Crippen molar-refractivity contribution < 1.29 is 4.57 Å². The van der Waals surface area contributed by atoms with Gasteiger partial charge in [0.2, 0.25) is 5.69 Å². The number of hydrogen-bond acceptors (Lipinski definition) is 0. The van der Waals surface area contributed by atoms with E-state index < -0.39 is 0 Å². The van der Waals surface area contributed by atoms with E-state index in [2.05, 4.69) is 79.3 Å². The molecule has 0 aliphatic carbocycles. The average Bonchev–Trinajstić information content (AvgIpc) is 2.39.